The van der Waals surface area contributed by atoms with Crippen LogP contribution in [0.5, 0.6) is 0 Å². The Morgan fingerprint density at radius 1 is 1.35 bits per heavy atom. The highest BCUT2D eigenvalue weighted by Gasteiger charge is 2.17. The summed E-state index contributed by atoms with van der Waals surface area (Å²) in [5, 5.41) is 0.628. The molecule has 0 fully saturated rings. The second-order valence-corrected chi connectivity index (χ2v) is 6.00. The summed E-state index contributed by atoms with van der Waals surface area (Å²) < 4.78 is 5.23. The minimum absolute atomic E-state index is 0.0865. The molecule has 0 bridgehead atoms. The molecular weight excluding hydrogens is 290 g/mol. The lowest BCUT2D eigenvalue weighted by atomic mass is 9.94. The fourth-order valence-corrected chi connectivity index (χ4v) is 3.04. The van der Waals surface area contributed by atoms with Gasteiger partial charge in [-0.05, 0) is 37.3 Å². The van der Waals surface area contributed by atoms with Gasteiger partial charge >= 0.3 is 0 Å². The molecule has 1 aromatic heterocycles. The number of ether oxygens (including phenoxy) is 1. The Labute approximate surface area is 136 Å². The van der Waals surface area contributed by atoms with Gasteiger partial charge in [0.2, 0.25) is 5.95 Å². The largest absolute Gasteiger partial charge is 0.383 e. The Bertz CT molecular complexity index is 738. The number of hydrogen-bond acceptors (Lipinski definition) is 4. The molecule has 3 rings (SSSR count). The van der Waals surface area contributed by atoms with Gasteiger partial charge in [0.15, 0.2) is 0 Å². The highest BCUT2D eigenvalue weighted by molar-refractivity contribution is 5.78. The van der Waals surface area contributed by atoms with Gasteiger partial charge in [-0.2, -0.15) is 0 Å². The number of hydrogen-bond donors (Lipinski definition) is 1. The minimum atomic E-state index is -0.0865. The van der Waals surface area contributed by atoms with Crippen LogP contribution in [-0.4, -0.2) is 36.8 Å². The number of rotatable bonds is 6. The van der Waals surface area contributed by atoms with Gasteiger partial charge in [-0.15, -0.1) is 0 Å². The summed E-state index contributed by atoms with van der Waals surface area (Å²) >= 11 is 0. The number of methoxy groups -OCH3 is 1. The van der Waals surface area contributed by atoms with Gasteiger partial charge in [-0.25, -0.2) is 4.98 Å². The third-order valence-corrected chi connectivity index (χ3v) is 4.32. The molecule has 122 valence electrons. The number of para-hydroxylation sites is 1. The molecule has 0 amide bonds. The van der Waals surface area contributed by atoms with E-state index in [2.05, 4.69) is 27.0 Å². The van der Waals surface area contributed by atoms with Crippen LogP contribution in [0.1, 0.15) is 19.3 Å². The molecule has 1 aliphatic rings. The predicted octanol–water partition coefficient (Wildman–Crippen LogP) is 2.73. The molecule has 0 aliphatic heterocycles. The van der Waals surface area contributed by atoms with Crippen molar-refractivity contribution in [3.05, 3.63) is 46.8 Å². The number of aromatic amines is 1. The van der Waals surface area contributed by atoms with Crippen molar-refractivity contribution in [1.82, 2.24) is 9.97 Å². The standard InChI is InChI=1S/C18H23N3O2/c1-23-12-11-21(13-14-7-3-2-4-8-14)18-19-16-10-6-5-9-15(16)17(22)20-18/h2-3,5-6,9-10,14H,4,7-8,11-13H2,1H3,(H,19,20,22). The first kappa shape index (κ1) is 15.7. The van der Waals surface area contributed by atoms with E-state index in [1.165, 1.54) is 6.42 Å². The monoisotopic (exact) mass is 313 g/mol. The average molecular weight is 313 g/mol. The van der Waals surface area contributed by atoms with Crippen LogP contribution in [0.3, 0.4) is 0 Å². The number of H-pyrrole nitrogens is 1. The van der Waals surface area contributed by atoms with Crippen molar-refractivity contribution < 1.29 is 4.74 Å². The number of nitrogens with one attached hydrogen (secondary N) is 1. The quantitative estimate of drug-likeness (QED) is 0.833. The molecule has 2 aromatic rings. The number of aromatic nitrogens is 2. The Balaban J connectivity index is 1.88. The van der Waals surface area contributed by atoms with Gasteiger partial charge in [0.25, 0.3) is 5.56 Å². The van der Waals surface area contributed by atoms with E-state index >= 15 is 0 Å². The van der Waals surface area contributed by atoms with Crippen molar-refractivity contribution in [2.75, 3.05) is 31.7 Å². The molecule has 1 atom stereocenters. The maximum absolute atomic E-state index is 12.3. The number of nitrogens with zero attached hydrogens (tertiary/aromatic N) is 2. The Morgan fingerprint density at radius 2 is 2.22 bits per heavy atom. The van der Waals surface area contributed by atoms with Crippen LogP contribution < -0.4 is 10.5 Å². The lowest BCUT2D eigenvalue weighted by Gasteiger charge is -2.28. The van der Waals surface area contributed by atoms with Crippen LogP contribution in [0, 0.1) is 5.92 Å². The van der Waals surface area contributed by atoms with Gasteiger partial charge in [0, 0.05) is 20.2 Å². The van der Waals surface area contributed by atoms with Crippen molar-refractivity contribution in [2.45, 2.75) is 19.3 Å². The molecule has 23 heavy (non-hydrogen) atoms. The zero-order chi connectivity index (χ0) is 16.1. The van der Waals surface area contributed by atoms with E-state index < -0.39 is 0 Å². The predicted molar refractivity (Wildman–Crippen MR) is 92.9 cm³/mol. The number of fused-ring (bicyclic) bond motifs is 1. The van der Waals surface area contributed by atoms with E-state index in [9.17, 15) is 4.79 Å². The van der Waals surface area contributed by atoms with Crippen molar-refractivity contribution in [3.8, 4) is 0 Å². The van der Waals surface area contributed by atoms with Crippen LogP contribution in [0.2, 0.25) is 0 Å². The van der Waals surface area contributed by atoms with E-state index in [4.69, 9.17) is 4.74 Å². The van der Waals surface area contributed by atoms with Crippen LogP contribution in [-0.2, 0) is 4.74 Å². The zero-order valence-corrected chi connectivity index (χ0v) is 13.5. The van der Waals surface area contributed by atoms with Crippen molar-refractivity contribution in [1.29, 1.82) is 0 Å². The van der Waals surface area contributed by atoms with Crippen LogP contribution in [0.25, 0.3) is 10.9 Å². The van der Waals surface area contributed by atoms with Gasteiger partial charge in [0.05, 0.1) is 17.5 Å². The molecule has 1 N–H and O–H groups in total. The van der Waals surface area contributed by atoms with Crippen LogP contribution in [0.4, 0.5) is 5.95 Å². The van der Waals surface area contributed by atoms with Crippen molar-refractivity contribution >= 4 is 16.9 Å². The molecule has 1 aliphatic carbocycles. The lowest BCUT2D eigenvalue weighted by Crippen LogP contribution is -2.35. The third-order valence-electron chi connectivity index (χ3n) is 4.32. The Hall–Kier alpha value is -2.14. The molecule has 5 heteroatoms. The van der Waals surface area contributed by atoms with E-state index in [1.54, 1.807) is 13.2 Å². The number of anilines is 1. The van der Waals surface area contributed by atoms with Crippen molar-refractivity contribution in [2.24, 2.45) is 5.92 Å². The van der Waals surface area contributed by atoms with Crippen LogP contribution in [0.15, 0.2) is 41.2 Å². The minimum Gasteiger partial charge on any atom is -0.383 e. The summed E-state index contributed by atoms with van der Waals surface area (Å²) in [6.07, 6.45) is 7.88. The topological polar surface area (TPSA) is 58.2 Å². The second-order valence-electron chi connectivity index (χ2n) is 6.00. The highest BCUT2D eigenvalue weighted by atomic mass is 16.5. The molecule has 0 saturated carbocycles. The van der Waals surface area contributed by atoms with Crippen LogP contribution >= 0.6 is 0 Å². The van der Waals surface area contributed by atoms with E-state index in [0.717, 1.165) is 31.4 Å². The van der Waals surface area contributed by atoms with Gasteiger partial charge in [0.1, 0.15) is 0 Å². The Morgan fingerprint density at radius 3 is 3.00 bits per heavy atom. The Kier molecular flexibility index (Phi) is 5.08. The molecule has 1 heterocycles. The fraction of sp³-hybridized carbons (Fsp3) is 0.444. The average Bonchev–Trinajstić information content (AvgIpc) is 2.59. The number of benzene rings is 1. The van der Waals surface area contributed by atoms with E-state index in [1.807, 2.05) is 18.2 Å². The molecule has 0 radical (unpaired) electrons. The second kappa shape index (κ2) is 7.42. The van der Waals surface area contributed by atoms with Gasteiger partial charge in [-0.1, -0.05) is 24.3 Å². The summed E-state index contributed by atoms with van der Waals surface area (Å²) in [6, 6.07) is 7.45. The summed E-state index contributed by atoms with van der Waals surface area (Å²) in [6.45, 7) is 2.21. The smallest absolute Gasteiger partial charge is 0.260 e. The highest BCUT2D eigenvalue weighted by Crippen LogP contribution is 2.21. The first-order valence-corrected chi connectivity index (χ1v) is 8.16. The van der Waals surface area contributed by atoms with Gasteiger partial charge < -0.3 is 9.64 Å². The summed E-state index contributed by atoms with van der Waals surface area (Å²) in [7, 11) is 1.69. The molecule has 1 aromatic carbocycles. The fourth-order valence-electron chi connectivity index (χ4n) is 3.04. The van der Waals surface area contributed by atoms with E-state index in [-0.39, 0.29) is 5.56 Å². The maximum Gasteiger partial charge on any atom is 0.260 e. The normalized spacial score (nSPS) is 17.5. The molecule has 5 nitrogen and oxygen atoms in total. The lowest BCUT2D eigenvalue weighted by molar-refractivity contribution is 0.203. The van der Waals surface area contributed by atoms with E-state index in [0.29, 0.717) is 23.9 Å². The zero-order valence-electron chi connectivity index (χ0n) is 13.5. The van der Waals surface area contributed by atoms with Crippen molar-refractivity contribution in [3.63, 3.8) is 0 Å². The summed E-state index contributed by atoms with van der Waals surface area (Å²) in [5.74, 6) is 1.23. The third kappa shape index (κ3) is 3.79. The van der Waals surface area contributed by atoms with Gasteiger partial charge in [-0.3, -0.25) is 9.78 Å². The summed E-state index contributed by atoms with van der Waals surface area (Å²) in [4.78, 5) is 22.0. The first-order valence-electron chi connectivity index (χ1n) is 8.16. The molecule has 0 saturated heterocycles. The molecule has 0 spiro atoms. The number of allylic oxidation sites excluding steroid dienone is 2. The maximum atomic E-state index is 12.3. The molecule has 1 unspecified atom stereocenters. The summed E-state index contributed by atoms with van der Waals surface area (Å²) in [5.41, 5.74) is 0.647. The first-order chi connectivity index (χ1) is 11.3. The SMILES string of the molecule is COCCN(CC1CC=CCC1)c1nc2ccccc2c(=O)[nH]1. The molecular formula is C18H23N3O2.